The van der Waals surface area contributed by atoms with Crippen molar-refractivity contribution in [1.82, 2.24) is 0 Å². The van der Waals surface area contributed by atoms with Gasteiger partial charge in [0.15, 0.2) is 17.2 Å². The molecule has 0 saturated carbocycles. The van der Waals surface area contributed by atoms with Crippen molar-refractivity contribution in [3.63, 3.8) is 0 Å². The summed E-state index contributed by atoms with van der Waals surface area (Å²) in [4.78, 5) is 54.0. The van der Waals surface area contributed by atoms with Crippen LogP contribution in [-0.2, 0) is 14.4 Å². The molecule has 1 aromatic carbocycles. The van der Waals surface area contributed by atoms with Gasteiger partial charge in [0.25, 0.3) is 0 Å². The zero-order valence-electron chi connectivity index (χ0n) is 23.8. The first kappa shape index (κ1) is 28.7. The van der Waals surface area contributed by atoms with Crippen LogP contribution in [-0.4, -0.2) is 49.2 Å². The number of carbonyl (C=O) groups excluding carboxylic acids is 4. The fraction of sp³-hybridized carbons (Fsp3) is 0.548. The highest BCUT2D eigenvalue weighted by atomic mass is 16.3. The van der Waals surface area contributed by atoms with Gasteiger partial charge in [-0.05, 0) is 48.8 Å². The molecule has 0 saturated heterocycles. The van der Waals surface area contributed by atoms with Gasteiger partial charge in [-0.25, -0.2) is 0 Å². The second-order valence-electron chi connectivity index (χ2n) is 12.3. The zero-order valence-corrected chi connectivity index (χ0v) is 23.8. The normalized spacial score (nSPS) is 34.2. The molecule has 0 aliphatic heterocycles. The lowest BCUT2D eigenvalue weighted by Crippen LogP contribution is -2.71. The average Bonchev–Trinajstić information content (AvgIpc) is 2.84. The number of aromatic hydroxyl groups is 1. The van der Waals surface area contributed by atoms with Crippen LogP contribution >= 0.6 is 0 Å². The van der Waals surface area contributed by atoms with Crippen molar-refractivity contribution < 1.29 is 39.6 Å². The van der Waals surface area contributed by atoms with E-state index in [9.17, 15) is 39.6 Å². The molecular weight excluding hydrogens is 500 g/mol. The van der Waals surface area contributed by atoms with Gasteiger partial charge in [-0.2, -0.15) is 0 Å². The fourth-order valence-corrected chi connectivity index (χ4v) is 8.22. The molecule has 0 aromatic heterocycles. The predicted molar refractivity (Wildman–Crippen MR) is 143 cm³/mol. The molecular formula is C31H38O8. The molecule has 39 heavy (non-hydrogen) atoms. The van der Waals surface area contributed by atoms with E-state index in [-0.39, 0.29) is 35.5 Å². The third-order valence-electron chi connectivity index (χ3n) is 10.2. The van der Waals surface area contributed by atoms with Crippen molar-refractivity contribution in [2.24, 2.45) is 28.6 Å². The number of allylic oxidation sites excluding steroid dienone is 2. The van der Waals surface area contributed by atoms with Crippen LogP contribution in [0.15, 0.2) is 34.8 Å². The van der Waals surface area contributed by atoms with Crippen LogP contribution in [0.2, 0.25) is 0 Å². The maximum Gasteiger partial charge on any atom is 0.209 e. The third kappa shape index (κ3) is 3.27. The van der Waals surface area contributed by atoms with E-state index in [1.807, 2.05) is 13.8 Å². The van der Waals surface area contributed by atoms with Crippen molar-refractivity contribution in [3.8, 4) is 5.75 Å². The summed E-state index contributed by atoms with van der Waals surface area (Å²) in [5.41, 5.74) is -5.37. The average molecular weight is 539 g/mol. The Morgan fingerprint density at radius 2 is 1.67 bits per heavy atom. The van der Waals surface area contributed by atoms with E-state index >= 15 is 0 Å². The SMILES string of the molecule is CCC(=O)C[C@@H]1[C@]2(C)C(=C(O)[C@@]3(O)C(=O)C(C(C)=O)=C(O)C(C(C)C)[C@@]13C)C(=O)c1c(O)ccc(C)c1[C@H]2C. The van der Waals surface area contributed by atoms with Crippen molar-refractivity contribution in [2.75, 3.05) is 0 Å². The van der Waals surface area contributed by atoms with Crippen LogP contribution in [0.4, 0.5) is 0 Å². The molecule has 0 fully saturated rings. The molecule has 8 nitrogen and oxygen atoms in total. The molecule has 0 radical (unpaired) electrons. The number of phenols is 1. The Kier molecular flexibility index (Phi) is 6.54. The lowest BCUT2D eigenvalue weighted by molar-refractivity contribution is -0.193. The first-order valence-corrected chi connectivity index (χ1v) is 13.5. The van der Waals surface area contributed by atoms with Gasteiger partial charge >= 0.3 is 0 Å². The van der Waals surface area contributed by atoms with Gasteiger partial charge < -0.3 is 20.4 Å². The molecule has 3 aliphatic rings. The Morgan fingerprint density at radius 3 is 2.18 bits per heavy atom. The molecule has 210 valence electrons. The minimum atomic E-state index is -2.78. The third-order valence-corrected chi connectivity index (χ3v) is 10.2. The molecule has 0 spiro atoms. The highest BCUT2D eigenvalue weighted by Gasteiger charge is 2.75. The summed E-state index contributed by atoms with van der Waals surface area (Å²) in [6, 6.07) is 3.08. The molecule has 0 heterocycles. The van der Waals surface area contributed by atoms with E-state index in [0.29, 0.717) is 5.56 Å². The minimum absolute atomic E-state index is 0.0249. The summed E-state index contributed by atoms with van der Waals surface area (Å²) in [7, 11) is 0. The van der Waals surface area contributed by atoms with Crippen LogP contribution in [0, 0.1) is 35.5 Å². The first-order valence-electron chi connectivity index (χ1n) is 13.5. The van der Waals surface area contributed by atoms with Crippen molar-refractivity contribution in [1.29, 1.82) is 0 Å². The van der Waals surface area contributed by atoms with Gasteiger partial charge in [0, 0.05) is 35.2 Å². The number of phenolic OH excluding ortho intramolecular Hbond substituents is 1. The molecule has 0 bridgehead atoms. The number of aryl methyl sites for hydroxylation is 1. The minimum Gasteiger partial charge on any atom is -0.511 e. The largest absolute Gasteiger partial charge is 0.511 e. The Morgan fingerprint density at radius 1 is 1.08 bits per heavy atom. The van der Waals surface area contributed by atoms with Gasteiger partial charge in [-0.15, -0.1) is 0 Å². The number of Topliss-reactive ketones (excluding diaryl/α,β-unsaturated/α-hetero) is 4. The second-order valence-corrected chi connectivity index (χ2v) is 12.3. The molecule has 8 heteroatoms. The summed E-state index contributed by atoms with van der Waals surface area (Å²) in [6.07, 6.45) is 0.0122. The molecule has 1 aromatic rings. The number of rotatable bonds is 5. The number of aliphatic hydroxyl groups excluding tert-OH is 2. The second kappa shape index (κ2) is 8.88. The smallest absolute Gasteiger partial charge is 0.209 e. The van der Waals surface area contributed by atoms with E-state index < -0.39 is 74.5 Å². The number of hydrogen-bond donors (Lipinski definition) is 4. The standard InChI is InChI=1S/C31H38O8/c1-9-17(33)12-19-29(7)15(5)20-14(4)10-11-18(34)22(20)26(36)24(29)28(38)31(39)27(37)21(16(6)32)25(35)23(13(2)3)30(19,31)8/h10-11,13,15,19,23,34-35,38-39H,9,12H2,1-8H3/t15-,19-,23?,29-,30-,31+/m1/s1. The van der Waals surface area contributed by atoms with E-state index in [2.05, 4.69) is 0 Å². The van der Waals surface area contributed by atoms with Crippen LogP contribution in [0.3, 0.4) is 0 Å². The quantitative estimate of drug-likeness (QED) is 0.390. The molecule has 1 unspecified atom stereocenters. The number of fused-ring (bicyclic) bond motifs is 3. The lowest BCUT2D eigenvalue weighted by Gasteiger charge is -2.65. The van der Waals surface area contributed by atoms with Gasteiger partial charge in [-0.1, -0.05) is 47.6 Å². The summed E-state index contributed by atoms with van der Waals surface area (Å²) in [5.74, 6) is -7.50. The summed E-state index contributed by atoms with van der Waals surface area (Å²) >= 11 is 0. The van der Waals surface area contributed by atoms with E-state index in [4.69, 9.17) is 0 Å². The van der Waals surface area contributed by atoms with E-state index in [0.717, 1.165) is 12.5 Å². The first-order chi connectivity index (χ1) is 17.9. The number of hydrogen-bond acceptors (Lipinski definition) is 8. The highest BCUT2D eigenvalue weighted by molar-refractivity contribution is 6.25. The fourth-order valence-electron chi connectivity index (χ4n) is 8.22. The van der Waals surface area contributed by atoms with Gasteiger partial charge in [0.2, 0.25) is 5.78 Å². The Labute approximate surface area is 228 Å². The Hall–Kier alpha value is -3.26. The molecule has 4 N–H and O–H groups in total. The number of ketones is 4. The van der Waals surface area contributed by atoms with Crippen LogP contribution in [0.25, 0.3) is 0 Å². The van der Waals surface area contributed by atoms with Crippen molar-refractivity contribution in [3.05, 3.63) is 51.5 Å². The zero-order chi connectivity index (χ0) is 29.6. The van der Waals surface area contributed by atoms with E-state index in [1.54, 1.807) is 40.7 Å². The van der Waals surface area contributed by atoms with E-state index in [1.165, 1.54) is 6.07 Å². The van der Waals surface area contributed by atoms with Crippen LogP contribution in [0.1, 0.15) is 88.7 Å². The van der Waals surface area contributed by atoms with Crippen molar-refractivity contribution in [2.45, 2.75) is 79.8 Å². The lowest BCUT2D eigenvalue weighted by atomic mass is 9.38. The Balaban J connectivity index is 2.25. The summed E-state index contributed by atoms with van der Waals surface area (Å²) in [6.45, 7) is 13.3. The number of benzene rings is 1. The maximum atomic E-state index is 14.2. The van der Waals surface area contributed by atoms with Gasteiger partial charge in [0.05, 0.1) is 5.56 Å². The summed E-state index contributed by atoms with van der Waals surface area (Å²) < 4.78 is 0. The molecule has 4 rings (SSSR count). The Bertz CT molecular complexity index is 1400. The number of aliphatic hydroxyl groups is 3. The molecule has 6 atom stereocenters. The highest BCUT2D eigenvalue weighted by Crippen LogP contribution is 2.71. The van der Waals surface area contributed by atoms with Gasteiger partial charge in [-0.3, -0.25) is 19.2 Å². The summed E-state index contributed by atoms with van der Waals surface area (Å²) in [5, 5.41) is 46.6. The topological polar surface area (TPSA) is 149 Å². The van der Waals surface area contributed by atoms with Gasteiger partial charge in [0.1, 0.15) is 28.6 Å². The van der Waals surface area contributed by atoms with Crippen molar-refractivity contribution >= 4 is 23.1 Å². The molecule has 3 aliphatic carbocycles. The van der Waals surface area contributed by atoms with Crippen LogP contribution in [0.5, 0.6) is 5.75 Å². The number of carbonyl (C=O) groups is 4. The predicted octanol–water partition coefficient (Wildman–Crippen LogP) is 4.81. The monoisotopic (exact) mass is 538 g/mol. The molecule has 0 amide bonds. The van der Waals surface area contributed by atoms with Crippen LogP contribution < -0.4 is 0 Å². The maximum absolute atomic E-state index is 14.2.